The number of amides is 1. The van der Waals surface area contributed by atoms with E-state index in [1.165, 1.54) is 23.9 Å². The lowest BCUT2D eigenvalue weighted by Crippen LogP contribution is -2.30. The highest BCUT2D eigenvalue weighted by molar-refractivity contribution is 7.99. The Bertz CT molecular complexity index is 1110. The predicted octanol–water partition coefficient (Wildman–Crippen LogP) is 4.77. The number of fused-ring (bicyclic) bond motifs is 1. The Morgan fingerprint density at radius 1 is 1.28 bits per heavy atom. The normalized spacial score (nSPS) is 12.1. The van der Waals surface area contributed by atoms with Gasteiger partial charge in [0.25, 0.3) is 0 Å². The van der Waals surface area contributed by atoms with E-state index in [2.05, 4.69) is 15.3 Å². The minimum absolute atomic E-state index is 0.129. The number of aromatic nitrogens is 2. The molecule has 0 spiro atoms. The lowest BCUT2D eigenvalue weighted by Gasteiger charge is -2.18. The molecule has 2 N–H and O–H groups in total. The Balaban J connectivity index is 1.45. The number of ether oxygens (including phenoxy) is 1. The molecule has 0 bridgehead atoms. The minimum atomic E-state index is -0.316. The van der Waals surface area contributed by atoms with Gasteiger partial charge in [-0.15, -0.1) is 11.3 Å². The zero-order chi connectivity index (χ0) is 20.2. The standard InChI is InChI=1S/C21H18FN3O2S2/c1-27-15-8-9-16-17(11-15)24-21(23-16)29-12-19(26)25-20(18-3-2-10-28-18)13-4-6-14(22)7-5-13/h2-11,20H,12H2,1H3,(H,23,24)(H,25,26)/t20-/m0/s1. The van der Waals surface area contributed by atoms with Crippen molar-refractivity contribution in [1.29, 1.82) is 0 Å². The topological polar surface area (TPSA) is 67.0 Å². The van der Waals surface area contributed by atoms with Gasteiger partial charge in [-0.05, 0) is 41.3 Å². The van der Waals surface area contributed by atoms with Crippen LogP contribution in [0.5, 0.6) is 5.75 Å². The van der Waals surface area contributed by atoms with Gasteiger partial charge in [0.05, 0.1) is 29.9 Å². The van der Waals surface area contributed by atoms with Crippen LogP contribution in [-0.4, -0.2) is 28.7 Å². The van der Waals surface area contributed by atoms with E-state index in [-0.39, 0.29) is 23.5 Å². The molecule has 5 nitrogen and oxygen atoms in total. The third-order valence-electron chi connectivity index (χ3n) is 4.34. The highest BCUT2D eigenvalue weighted by Crippen LogP contribution is 2.27. The van der Waals surface area contributed by atoms with Gasteiger partial charge in [-0.3, -0.25) is 4.79 Å². The maximum absolute atomic E-state index is 13.3. The van der Waals surface area contributed by atoms with Gasteiger partial charge in [-0.25, -0.2) is 9.37 Å². The molecule has 0 aliphatic carbocycles. The molecule has 148 valence electrons. The van der Waals surface area contributed by atoms with Gasteiger partial charge in [-0.1, -0.05) is 30.0 Å². The van der Waals surface area contributed by atoms with Gasteiger partial charge >= 0.3 is 0 Å². The summed E-state index contributed by atoms with van der Waals surface area (Å²) in [6.07, 6.45) is 0. The second kappa shape index (κ2) is 8.67. The summed E-state index contributed by atoms with van der Waals surface area (Å²) >= 11 is 2.88. The third-order valence-corrected chi connectivity index (χ3v) is 6.15. The molecule has 0 aliphatic heterocycles. The number of thioether (sulfide) groups is 1. The molecule has 1 atom stereocenters. The van der Waals surface area contributed by atoms with Crippen LogP contribution < -0.4 is 10.1 Å². The average Bonchev–Trinajstić information content (AvgIpc) is 3.40. The lowest BCUT2D eigenvalue weighted by molar-refractivity contribution is -0.119. The summed E-state index contributed by atoms with van der Waals surface area (Å²) in [5.74, 6) is 0.520. The van der Waals surface area contributed by atoms with Crippen LogP contribution in [0.25, 0.3) is 11.0 Å². The Labute approximate surface area is 175 Å². The number of nitrogens with one attached hydrogen (secondary N) is 2. The maximum Gasteiger partial charge on any atom is 0.231 e. The predicted molar refractivity (Wildman–Crippen MR) is 114 cm³/mol. The molecule has 4 aromatic rings. The Kier molecular flexibility index (Phi) is 5.82. The first-order valence-corrected chi connectivity index (χ1v) is 10.7. The molecule has 2 aromatic heterocycles. The molecule has 4 rings (SSSR count). The zero-order valence-corrected chi connectivity index (χ0v) is 17.1. The molecule has 2 aromatic carbocycles. The first kappa shape index (κ1) is 19.5. The van der Waals surface area contributed by atoms with E-state index >= 15 is 0 Å². The molecule has 0 aliphatic rings. The number of benzene rings is 2. The van der Waals surface area contributed by atoms with Crippen LogP contribution >= 0.6 is 23.1 Å². The summed E-state index contributed by atoms with van der Waals surface area (Å²) < 4.78 is 18.5. The van der Waals surface area contributed by atoms with E-state index in [9.17, 15) is 9.18 Å². The van der Waals surface area contributed by atoms with Crippen molar-refractivity contribution in [1.82, 2.24) is 15.3 Å². The van der Waals surface area contributed by atoms with Crippen molar-refractivity contribution < 1.29 is 13.9 Å². The number of H-pyrrole nitrogens is 1. The van der Waals surface area contributed by atoms with E-state index in [1.807, 2.05) is 35.7 Å². The van der Waals surface area contributed by atoms with Crippen molar-refractivity contribution in [2.75, 3.05) is 12.9 Å². The van der Waals surface area contributed by atoms with Crippen LogP contribution in [0.4, 0.5) is 4.39 Å². The number of methoxy groups -OCH3 is 1. The van der Waals surface area contributed by atoms with Gasteiger partial charge in [0.1, 0.15) is 11.6 Å². The van der Waals surface area contributed by atoms with Crippen molar-refractivity contribution >= 4 is 40.0 Å². The second-order valence-corrected chi connectivity index (χ2v) is 8.22. The molecule has 0 radical (unpaired) electrons. The van der Waals surface area contributed by atoms with E-state index in [0.717, 1.165) is 27.2 Å². The summed E-state index contributed by atoms with van der Waals surface area (Å²) in [7, 11) is 1.61. The van der Waals surface area contributed by atoms with Crippen LogP contribution in [0.15, 0.2) is 65.1 Å². The largest absolute Gasteiger partial charge is 0.497 e. The number of imidazole rings is 1. The SMILES string of the molecule is COc1ccc2nc(SCC(=O)N[C@@H](c3ccc(F)cc3)c3cccs3)[nH]c2c1. The van der Waals surface area contributed by atoms with E-state index < -0.39 is 0 Å². The van der Waals surface area contributed by atoms with Crippen LogP contribution in [0, 0.1) is 5.82 Å². The Morgan fingerprint density at radius 2 is 2.10 bits per heavy atom. The first-order chi connectivity index (χ1) is 14.1. The quantitative estimate of drug-likeness (QED) is 0.417. The number of carbonyl (C=O) groups is 1. The summed E-state index contributed by atoms with van der Waals surface area (Å²) in [5.41, 5.74) is 2.51. The van der Waals surface area contributed by atoms with Gasteiger partial charge in [0.15, 0.2) is 5.16 Å². The number of hydrogen-bond acceptors (Lipinski definition) is 5. The molecule has 29 heavy (non-hydrogen) atoms. The van der Waals surface area contributed by atoms with Crippen LogP contribution in [0.3, 0.4) is 0 Å². The van der Waals surface area contributed by atoms with Crippen molar-refractivity contribution in [2.45, 2.75) is 11.2 Å². The third kappa shape index (κ3) is 4.60. The zero-order valence-electron chi connectivity index (χ0n) is 15.5. The summed E-state index contributed by atoms with van der Waals surface area (Å²) in [6.45, 7) is 0. The number of halogens is 1. The monoisotopic (exact) mass is 427 g/mol. The summed E-state index contributed by atoms with van der Waals surface area (Å²) in [4.78, 5) is 21.3. The number of hydrogen-bond donors (Lipinski definition) is 2. The molecule has 0 unspecified atom stereocenters. The molecule has 0 saturated heterocycles. The second-order valence-electron chi connectivity index (χ2n) is 6.28. The number of aromatic amines is 1. The fourth-order valence-corrected chi connectivity index (χ4v) is 4.43. The molecule has 1 amide bonds. The number of rotatable bonds is 7. The van der Waals surface area contributed by atoms with Crippen molar-refractivity contribution in [3.8, 4) is 5.75 Å². The van der Waals surface area contributed by atoms with Gasteiger partial charge in [-0.2, -0.15) is 0 Å². The fourth-order valence-electron chi connectivity index (χ4n) is 2.93. The van der Waals surface area contributed by atoms with Gasteiger partial charge in [0, 0.05) is 10.9 Å². The van der Waals surface area contributed by atoms with Gasteiger partial charge < -0.3 is 15.0 Å². The highest BCUT2D eigenvalue weighted by Gasteiger charge is 2.18. The summed E-state index contributed by atoms with van der Waals surface area (Å²) in [5, 5.41) is 5.66. The van der Waals surface area contributed by atoms with Crippen LogP contribution in [0.2, 0.25) is 0 Å². The van der Waals surface area contributed by atoms with E-state index in [1.54, 1.807) is 30.6 Å². The number of nitrogens with zero attached hydrogens (tertiary/aromatic N) is 1. The minimum Gasteiger partial charge on any atom is -0.497 e. The fraction of sp³-hybridized carbons (Fsp3) is 0.143. The molecule has 2 heterocycles. The summed E-state index contributed by atoms with van der Waals surface area (Å²) in [6, 6.07) is 15.4. The van der Waals surface area contributed by atoms with Crippen LogP contribution in [0.1, 0.15) is 16.5 Å². The first-order valence-electron chi connectivity index (χ1n) is 8.87. The number of carbonyl (C=O) groups excluding carboxylic acids is 1. The molecule has 8 heteroatoms. The number of thiophene rings is 1. The van der Waals surface area contributed by atoms with E-state index in [4.69, 9.17) is 4.74 Å². The Hall–Kier alpha value is -2.84. The van der Waals surface area contributed by atoms with Crippen molar-refractivity contribution in [3.63, 3.8) is 0 Å². The van der Waals surface area contributed by atoms with Crippen LogP contribution in [-0.2, 0) is 4.79 Å². The smallest absolute Gasteiger partial charge is 0.231 e. The molecular formula is C21H18FN3O2S2. The highest BCUT2D eigenvalue weighted by atomic mass is 32.2. The average molecular weight is 428 g/mol. The maximum atomic E-state index is 13.3. The van der Waals surface area contributed by atoms with Gasteiger partial charge in [0.2, 0.25) is 5.91 Å². The molecule has 0 fully saturated rings. The Morgan fingerprint density at radius 3 is 2.83 bits per heavy atom. The lowest BCUT2D eigenvalue weighted by atomic mass is 10.1. The molecule has 0 saturated carbocycles. The van der Waals surface area contributed by atoms with Crippen molar-refractivity contribution in [3.05, 3.63) is 76.2 Å². The molecular weight excluding hydrogens is 409 g/mol. The van der Waals surface area contributed by atoms with Crippen molar-refractivity contribution in [2.24, 2.45) is 0 Å². The van der Waals surface area contributed by atoms with E-state index in [0.29, 0.717) is 5.16 Å².